The van der Waals surface area contributed by atoms with Gasteiger partial charge in [-0.05, 0) is 25.7 Å². The third-order valence-corrected chi connectivity index (χ3v) is 1.92. The van der Waals surface area contributed by atoms with Gasteiger partial charge in [-0.3, -0.25) is 6.08 Å². The molecule has 0 saturated heterocycles. The maximum absolute atomic E-state index is 2.99. The maximum atomic E-state index is 2.99. The van der Waals surface area contributed by atoms with E-state index in [1.54, 1.807) is 0 Å². The van der Waals surface area contributed by atoms with Gasteiger partial charge in [0, 0.05) is 0 Å². The number of rotatable bonds is 0. The minimum Gasteiger partial charge on any atom is -0.273 e. The molecule has 0 aliphatic heterocycles. The quantitative estimate of drug-likeness (QED) is 0.356. The topological polar surface area (TPSA) is 0 Å². The van der Waals surface area contributed by atoms with Gasteiger partial charge >= 0.3 is 19.5 Å². The van der Waals surface area contributed by atoms with Crippen LogP contribution in [0.25, 0.3) is 0 Å². The average Bonchev–Trinajstić information content (AvgIpc) is 2.58. The molecule has 0 unspecified atom stereocenters. The molecule has 0 aromatic carbocycles. The second kappa shape index (κ2) is 10.7. The van der Waals surface area contributed by atoms with Gasteiger partial charge in [-0.25, -0.2) is 12.2 Å². The van der Waals surface area contributed by atoms with Crippen molar-refractivity contribution in [3.8, 4) is 0 Å². The Labute approximate surface area is 100 Å². The van der Waals surface area contributed by atoms with Crippen LogP contribution in [0.1, 0.15) is 32.1 Å². The van der Waals surface area contributed by atoms with Crippen molar-refractivity contribution in [3.63, 3.8) is 0 Å². The molecule has 2 aliphatic rings. The fourth-order valence-corrected chi connectivity index (χ4v) is 1.20. The third-order valence-electron chi connectivity index (χ3n) is 1.92. The molecule has 0 N–H and O–H groups in total. The average molecular weight is 274 g/mol. The molecule has 0 heterocycles. The largest absolute Gasteiger partial charge is 1.00 e. The van der Waals surface area contributed by atoms with Gasteiger partial charge in [0.2, 0.25) is 0 Å². The molecule has 0 atom stereocenters. The van der Waals surface area contributed by atoms with E-state index in [0.29, 0.717) is 0 Å². The first-order valence-electron chi connectivity index (χ1n) is 5.02. The normalized spacial score (nSPS) is 20.0. The summed E-state index contributed by atoms with van der Waals surface area (Å²) >= 11 is 0. The molecule has 0 aromatic heterocycles. The zero-order valence-corrected chi connectivity index (χ0v) is 10.2. The Balaban J connectivity index is 0.000000246. The second-order valence-corrected chi connectivity index (χ2v) is 3.10. The summed E-state index contributed by atoms with van der Waals surface area (Å²) in [5.41, 5.74) is 0. The van der Waals surface area contributed by atoms with E-state index in [4.69, 9.17) is 0 Å². The van der Waals surface area contributed by atoms with E-state index in [1.165, 1.54) is 25.7 Å². The summed E-state index contributed by atoms with van der Waals surface area (Å²) in [7, 11) is 0. The van der Waals surface area contributed by atoms with E-state index in [2.05, 4.69) is 36.5 Å². The molecular formula is C13H17Ru. The summed E-state index contributed by atoms with van der Waals surface area (Å²) in [6.45, 7) is 0. The molecule has 0 saturated carbocycles. The molecule has 0 spiro atoms. The second-order valence-electron chi connectivity index (χ2n) is 3.10. The Kier molecular flexibility index (Phi) is 10.3. The maximum Gasteiger partial charge on any atom is 1.00 e. The molecule has 14 heavy (non-hydrogen) atoms. The van der Waals surface area contributed by atoms with E-state index in [0.717, 1.165) is 6.42 Å². The first-order valence-corrected chi connectivity index (χ1v) is 5.02. The molecule has 1 radical (unpaired) electrons. The van der Waals surface area contributed by atoms with Crippen molar-refractivity contribution >= 4 is 0 Å². The Morgan fingerprint density at radius 3 is 1.43 bits per heavy atom. The molecule has 0 aromatic rings. The minimum absolute atomic E-state index is 0. The number of hydrogen-bond donors (Lipinski definition) is 0. The predicted molar refractivity (Wildman–Crippen MR) is 58.3 cm³/mol. The summed E-state index contributed by atoms with van der Waals surface area (Å²) in [5, 5.41) is 0. The summed E-state index contributed by atoms with van der Waals surface area (Å²) in [6.07, 6.45) is 24.0. The first kappa shape index (κ1) is 13.6. The van der Waals surface area contributed by atoms with E-state index in [9.17, 15) is 0 Å². The monoisotopic (exact) mass is 275 g/mol. The smallest absolute Gasteiger partial charge is 0.273 e. The van der Waals surface area contributed by atoms with Gasteiger partial charge in [0.1, 0.15) is 0 Å². The van der Waals surface area contributed by atoms with Gasteiger partial charge in [-0.1, -0.05) is 24.3 Å². The molecule has 0 bridgehead atoms. The molecule has 1 heteroatoms. The van der Waals surface area contributed by atoms with Gasteiger partial charge in [0.05, 0.1) is 0 Å². The van der Waals surface area contributed by atoms with Crippen LogP contribution >= 0.6 is 0 Å². The van der Waals surface area contributed by atoms with Crippen LogP contribution in [0.5, 0.6) is 0 Å². The number of allylic oxidation sites excluding steroid dienone is 8. The van der Waals surface area contributed by atoms with Gasteiger partial charge in [0.25, 0.3) is 0 Å². The van der Waals surface area contributed by atoms with Crippen LogP contribution in [0, 0.1) is 6.08 Å². The molecule has 77 valence electrons. The zero-order chi connectivity index (χ0) is 9.19. The zero-order valence-electron chi connectivity index (χ0n) is 8.43. The Bertz CT molecular complexity index is 185. The predicted octanol–water partition coefficient (Wildman–Crippen LogP) is 3.98. The number of hydrogen-bond acceptors (Lipinski definition) is 0. The third kappa shape index (κ3) is 8.19. The van der Waals surface area contributed by atoms with Gasteiger partial charge < -0.3 is 0 Å². The van der Waals surface area contributed by atoms with Gasteiger partial charge in [0.15, 0.2) is 0 Å². The SMILES string of the molecule is C1=CCC/C=C\CC1.[C-]1=CC=CC1.[Ru+]. The molecule has 0 nitrogen and oxygen atoms in total. The fraction of sp³-hybridized carbons (Fsp3) is 0.385. The summed E-state index contributed by atoms with van der Waals surface area (Å²) in [6, 6.07) is 0. The van der Waals surface area contributed by atoms with Crippen LogP contribution in [0.2, 0.25) is 0 Å². The van der Waals surface area contributed by atoms with E-state index < -0.39 is 0 Å². The molecule has 2 rings (SSSR count). The standard InChI is InChI=1S/C8H12.C5H5.Ru/c1-2-4-6-8-7-5-3-1;1-2-4-5-3-1;/h1-2,7-8H,3-6H2;1-3H,4H2;/q;-1;+1/b2-1-,8-7?;;. The van der Waals surface area contributed by atoms with Crippen molar-refractivity contribution in [1.82, 2.24) is 0 Å². The van der Waals surface area contributed by atoms with Crippen molar-refractivity contribution in [2.24, 2.45) is 0 Å². The van der Waals surface area contributed by atoms with E-state index >= 15 is 0 Å². The summed E-state index contributed by atoms with van der Waals surface area (Å²) < 4.78 is 0. The van der Waals surface area contributed by atoms with Crippen LogP contribution in [0.4, 0.5) is 0 Å². The molecule has 0 fully saturated rings. The molecule has 0 amide bonds. The van der Waals surface area contributed by atoms with E-state index in [-0.39, 0.29) is 19.5 Å². The van der Waals surface area contributed by atoms with Crippen LogP contribution in [0.3, 0.4) is 0 Å². The Morgan fingerprint density at radius 1 is 0.714 bits per heavy atom. The van der Waals surface area contributed by atoms with Crippen molar-refractivity contribution in [2.45, 2.75) is 32.1 Å². The van der Waals surface area contributed by atoms with Crippen LogP contribution in [0.15, 0.2) is 42.5 Å². The molecular weight excluding hydrogens is 257 g/mol. The van der Waals surface area contributed by atoms with Crippen molar-refractivity contribution in [1.29, 1.82) is 0 Å². The Hall–Kier alpha value is -0.417. The fourth-order valence-electron chi connectivity index (χ4n) is 1.20. The van der Waals surface area contributed by atoms with Crippen LogP contribution in [-0.2, 0) is 19.5 Å². The van der Waals surface area contributed by atoms with E-state index in [1.807, 2.05) is 12.2 Å². The summed E-state index contributed by atoms with van der Waals surface area (Å²) in [5.74, 6) is 0. The van der Waals surface area contributed by atoms with Crippen LogP contribution in [-0.4, -0.2) is 0 Å². The van der Waals surface area contributed by atoms with Gasteiger partial charge in [-0.2, -0.15) is 6.08 Å². The Morgan fingerprint density at radius 2 is 1.21 bits per heavy atom. The van der Waals surface area contributed by atoms with Crippen LogP contribution < -0.4 is 0 Å². The van der Waals surface area contributed by atoms with Crippen molar-refractivity contribution in [3.05, 3.63) is 48.6 Å². The molecule has 2 aliphatic carbocycles. The van der Waals surface area contributed by atoms with Crippen molar-refractivity contribution < 1.29 is 19.5 Å². The summed E-state index contributed by atoms with van der Waals surface area (Å²) in [4.78, 5) is 0. The van der Waals surface area contributed by atoms with Crippen molar-refractivity contribution in [2.75, 3.05) is 0 Å². The minimum atomic E-state index is 0. The van der Waals surface area contributed by atoms with Gasteiger partial charge in [-0.15, -0.1) is 6.42 Å². The first-order chi connectivity index (χ1) is 6.50.